The lowest BCUT2D eigenvalue weighted by atomic mass is 9.95. The van der Waals surface area contributed by atoms with Gasteiger partial charge in [0.15, 0.2) is 6.10 Å². The molecule has 1 aliphatic heterocycles. The minimum atomic E-state index is -0.752. The van der Waals surface area contributed by atoms with E-state index in [4.69, 9.17) is 4.74 Å². The fourth-order valence-corrected chi connectivity index (χ4v) is 3.72. The molecule has 150 valence electrons. The highest BCUT2D eigenvalue weighted by Crippen LogP contribution is 2.33. The van der Waals surface area contributed by atoms with Crippen molar-refractivity contribution < 1.29 is 14.3 Å². The molecule has 1 aliphatic rings. The lowest BCUT2D eigenvalue weighted by Gasteiger charge is -2.43. The average molecular weight is 384 g/mol. The third-order valence-electron chi connectivity index (χ3n) is 5.10. The summed E-state index contributed by atoms with van der Waals surface area (Å²) in [6.07, 6.45) is 2.88. The molecule has 0 unspecified atom stereocenters. The highest BCUT2D eigenvalue weighted by atomic mass is 16.5. The molecule has 2 heterocycles. The van der Waals surface area contributed by atoms with Crippen LogP contribution >= 0.6 is 0 Å². The summed E-state index contributed by atoms with van der Waals surface area (Å²) in [4.78, 5) is 33.6. The highest BCUT2D eigenvalue weighted by Gasteiger charge is 2.43. The van der Waals surface area contributed by atoms with Crippen LogP contribution in [0, 0.1) is 0 Å². The van der Waals surface area contributed by atoms with Crippen molar-refractivity contribution in [3.8, 4) is 0 Å². The van der Waals surface area contributed by atoms with Crippen molar-refractivity contribution in [3.63, 3.8) is 0 Å². The zero-order valence-corrected chi connectivity index (χ0v) is 16.9. The molecule has 3 rings (SSSR count). The summed E-state index contributed by atoms with van der Waals surface area (Å²) >= 11 is 0. The molecule has 1 saturated heterocycles. The lowest BCUT2D eigenvalue weighted by Crippen LogP contribution is -2.56. The molecule has 1 aromatic heterocycles. The normalized spacial score (nSPS) is 19.9. The first-order valence-electron chi connectivity index (χ1n) is 9.66. The molecule has 2 amide bonds. The maximum absolute atomic E-state index is 13.3. The van der Waals surface area contributed by atoms with Crippen molar-refractivity contribution >= 4 is 11.8 Å². The molecule has 7 nitrogen and oxygen atoms in total. The minimum Gasteiger partial charge on any atom is -0.356 e. The summed E-state index contributed by atoms with van der Waals surface area (Å²) in [5.41, 5.74) is 0.894. The predicted octanol–water partition coefficient (Wildman–Crippen LogP) is 2.24. The van der Waals surface area contributed by atoms with Crippen molar-refractivity contribution in [3.05, 3.63) is 54.1 Å². The second kappa shape index (κ2) is 8.56. The molecule has 2 atom stereocenters. The first-order valence-corrected chi connectivity index (χ1v) is 9.66. The number of likely N-dealkylation sites (N-methyl/N-ethyl adjacent to an activating group) is 1. The molecule has 0 bridgehead atoms. The van der Waals surface area contributed by atoms with E-state index in [-0.39, 0.29) is 24.5 Å². The molecule has 0 N–H and O–H groups in total. The number of ether oxygens (including phenoxy) is 1. The standard InChI is InChI=1S/C21H28N4O3/c1-5-24-12-11-22-17(24)13-23(4)21(27)20-19(16-9-7-6-8-10-16)25(15(2)3)18(26)14-28-20/h6-12,15,19-20H,5,13-14H2,1-4H3/t19-,20+/m1/s1. The number of benzene rings is 1. The van der Waals surface area contributed by atoms with Gasteiger partial charge in [-0.25, -0.2) is 4.98 Å². The third kappa shape index (κ3) is 3.94. The molecule has 0 radical (unpaired) electrons. The van der Waals surface area contributed by atoms with Crippen LogP contribution in [0.5, 0.6) is 0 Å². The Kier molecular flexibility index (Phi) is 6.14. The zero-order chi connectivity index (χ0) is 20.3. The van der Waals surface area contributed by atoms with Gasteiger partial charge in [-0.2, -0.15) is 0 Å². The summed E-state index contributed by atoms with van der Waals surface area (Å²) < 4.78 is 7.79. The quantitative estimate of drug-likeness (QED) is 0.766. The fourth-order valence-electron chi connectivity index (χ4n) is 3.72. The number of nitrogens with zero attached hydrogens (tertiary/aromatic N) is 4. The van der Waals surface area contributed by atoms with Crippen LogP contribution in [0.15, 0.2) is 42.7 Å². The van der Waals surface area contributed by atoms with E-state index >= 15 is 0 Å². The van der Waals surface area contributed by atoms with Crippen molar-refractivity contribution in [1.29, 1.82) is 0 Å². The number of carbonyl (C=O) groups is 2. The van der Waals surface area contributed by atoms with E-state index in [0.29, 0.717) is 6.54 Å². The van der Waals surface area contributed by atoms with Crippen molar-refractivity contribution in [1.82, 2.24) is 19.4 Å². The Hall–Kier alpha value is -2.67. The van der Waals surface area contributed by atoms with Crippen LogP contribution in [-0.4, -0.2) is 57.0 Å². The van der Waals surface area contributed by atoms with Gasteiger partial charge < -0.3 is 19.1 Å². The van der Waals surface area contributed by atoms with Crippen LogP contribution in [0.1, 0.15) is 38.2 Å². The van der Waals surface area contributed by atoms with Gasteiger partial charge in [-0.1, -0.05) is 30.3 Å². The maximum Gasteiger partial charge on any atom is 0.254 e. The second-order valence-electron chi connectivity index (χ2n) is 7.31. The van der Waals surface area contributed by atoms with Gasteiger partial charge in [-0.05, 0) is 26.3 Å². The molecule has 7 heteroatoms. The van der Waals surface area contributed by atoms with Crippen molar-refractivity contribution in [2.75, 3.05) is 13.7 Å². The van der Waals surface area contributed by atoms with Gasteiger partial charge in [-0.3, -0.25) is 9.59 Å². The Labute approximate surface area is 165 Å². The smallest absolute Gasteiger partial charge is 0.254 e. The molecule has 28 heavy (non-hydrogen) atoms. The summed E-state index contributed by atoms with van der Waals surface area (Å²) in [5, 5.41) is 0. The van der Waals surface area contributed by atoms with E-state index in [0.717, 1.165) is 17.9 Å². The van der Waals surface area contributed by atoms with Crippen molar-refractivity contribution in [2.24, 2.45) is 0 Å². The van der Waals surface area contributed by atoms with E-state index in [1.165, 1.54) is 0 Å². The predicted molar refractivity (Wildman–Crippen MR) is 105 cm³/mol. The number of aromatic nitrogens is 2. The van der Waals surface area contributed by atoms with Crippen LogP contribution < -0.4 is 0 Å². The van der Waals surface area contributed by atoms with E-state index in [1.54, 1.807) is 23.0 Å². The first kappa shape index (κ1) is 20.1. The average Bonchev–Trinajstić information content (AvgIpc) is 3.14. The topological polar surface area (TPSA) is 67.7 Å². The zero-order valence-electron chi connectivity index (χ0n) is 16.9. The Bertz CT molecular complexity index is 818. The number of morpholine rings is 1. The van der Waals surface area contributed by atoms with Gasteiger partial charge in [-0.15, -0.1) is 0 Å². The van der Waals surface area contributed by atoms with Crippen molar-refractivity contribution in [2.45, 2.75) is 52.0 Å². The Morgan fingerprint density at radius 3 is 2.68 bits per heavy atom. The van der Waals surface area contributed by atoms with Gasteiger partial charge in [0.25, 0.3) is 5.91 Å². The van der Waals surface area contributed by atoms with Crippen LogP contribution in [0.4, 0.5) is 0 Å². The Balaban J connectivity index is 1.88. The van der Waals surface area contributed by atoms with E-state index < -0.39 is 12.1 Å². The first-order chi connectivity index (χ1) is 13.4. The van der Waals surface area contributed by atoms with Crippen LogP contribution in [-0.2, 0) is 27.4 Å². The largest absolute Gasteiger partial charge is 0.356 e. The van der Waals surface area contributed by atoms with Gasteiger partial charge in [0.1, 0.15) is 12.4 Å². The second-order valence-corrected chi connectivity index (χ2v) is 7.31. The van der Waals surface area contributed by atoms with E-state index in [1.807, 2.05) is 61.9 Å². The van der Waals surface area contributed by atoms with E-state index in [2.05, 4.69) is 4.98 Å². The van der Waals surface area contributed by atoms with Crippen LogP contribution in [0.3, 0.4) is 0 Å². The molecule has 1 aromatic carbocycles. The number of amides is 2. The monoisotopic (exact) mass is 384 g/mol. The highest BCUT2D eigenvalue weighted by molar-refractivity contribution is 5.86. The summed E-state index contributed by atoms with van der Waals surface area (Å²) in [5.74, 6) is 0.567. The summed E-state index contributed by atoms with van der Waals surface area (Å²) in [7, 11) is 1.75. The number of rotatable bonds is 6. The SMILES string of the molecule is CCn1ccnc1CN(C)C(=O)[C@H]1OCC(=O)N(C(C)C)[C@@H]1c1ccccc1. The molecular weight excluding hydrogens is 356 g/mol. The Morgan fingerprint density at radius 2 is 2.04 bits per heavy atom. The number of aryl methyl sites for hydroxylation is 1. The van der Waals surface area contributed by atoms with Gasteiger partial charge >= 0.3 is 0 Å². The number of carbonyl (C=O) groups excluding carboxylic acids is 2. The minimum absolute atomic E-state index is 0.0406. The van der Waals surface area contributed by atoms with Crippen LogP contribution in [0.25, 0.3) is 0 Å². The van der Waals surface area contributed by atoms with Gasteiger partial charge in [0, 0.05) is 32.0 Å². The maximum atomic E-state index is 13.3. The molecule has 2 aromatic rings. The number of hydrogen-bond donors (Lipinski definition) is 0. The Morgan fingerprint density at radius 1 is 1.32 bits per heavy atom. The summed E-state index contributed by atoms with van der Waals surface area (Å²) in [6, 6.07) is 9.12. The fraction of sp³-hybridized carbons (Fsp3) is 0.476. The molecule has 0 saturated carbocycles. The van der Waals surface area contributed by atoms with Crippen LogP contribution in [0.2, 0.25) is 0 Å². The lowest BCUT2D eigenvalue weighted by molar-refractivity contribution is -0.171. The number of hydrogen-bond acceptors (Lipinski definition) is 4. The molecule has 0 spiro atoms. The van der Waals surface area contributed by atoms with Gasteiger partial charge in [0.05, 0.1) is 12.6 Å². The van der Waals surface area contributed by atoms with E-state index in [9.17, 15) is 9.59 Å². The number of imidazole rings is 1. The molecular formula is C21H28N4O3. The van der Waals surface area contributed by atoms with Gasteiger partial charge in [0.2, 0.25) is 5.91 Å². The molecule has 1 fully saturated rings. The molecule has 0 aliphatic carbocycles. The third-order valence-corrected chi connectivity index (χ3v) is 5.10. The summed E-state index contributed by atoms with van der Waals surface area (Å²) in [6.45, 7) is 7.05.